The second-order valence-corrected chi connectivity index (χ2v) is 13.6. The van der Waals surface area contributed by atoms with E-state index in [1.54, 1.807) is 0 Å². The molecule has 0 bridgehead atoms. The zero-order valence-electron chi connectivity index (χ0n) is 26.1. The Hall–Kier alpha value is -6.30. The zero-order valence-corrected chi connectivity index (χ0v) is 26.9. The molecule has 5 heteroatoms. The average Bonchev–Trinajstić information content (AvgIpc) is 3.83. The Kier molecular flexibility index (Phi) is 5.51. The number of fused-ring (bicyclic) bond motifs is 10. The lowest BCUT2D eigenvalue weighted by molar-refractivity contribution is 0.669. The van der Waals surface area contributed by atoms with Gasteiger partial charge in [0.1, 0.15) is 16.9 Å². The van der Waals surface area contributed by atoms with E-state index in [2.05, 4.69) is 120 Å². The van der Waals surface area contributed by atoms with Gasteiger partial charge in [0, 0.05) is 52.8 Å². The highest BCUT2D eigenvalue weighted by atomic mass is 32.1. The third-order valence-electron chi connectivity index (χ3n) is 9.79. The van der Waals surface area contributed by atoms with Crippen LogP contribution in [0, 0.1) is 0 Å². The monoisotopic (exact) mass is 643 g/mol. The molecule has 0 unspecified atom stereocenters. The molecule has 4 nitrogen and oxygen atoms in total. The second kappa shape index (κ2) is 10.1. The molecule has 7 aromatic carbocycles. The summed E-state index contributed by atoms with van der Waals surface area (Å²) >= 11 is 1.87. The molecule has 0 atom stereocenters. The van der Waals surface area contributed by atoms with Crippen LogP contribution in [0.4, 0.5) is 0 Å². The first-order valence-electron chi connectivity index (χ1n) is 16.4. The summed E-state index contributed by atoms with van der Waals surface area (Å²) in [4.78, 5) is 10.8. The van der Waals surface area contributed by atoms with E-state index < -0.39 is 0 Å². The molecule has 0 aliphatic rings. The number of aromatic nitrogens is 3. The topological polar surface area (TPSA) is 43.9 Å². The number of para-hydroxylation sites is 5. The minimum atomic E-state index is 0.774. The number of hydrogen-bond acceptors (Lipinski definition) is 4. The number of hydrogen-bond donors (Lipinski definition) is 0. The van der Waals surface area contributed by atoms with Crippen LogP contribution in [0.1, 0.15) is 0 Å². The largest absolute Gasteiger partial charge is 0.455 e. The maximum Gasteiger partial charge on any atom is 0.165 e. The van der Waals surface area contributed by atoms with Crippen molar-refractivity contribution in [3.63, 3.8) is 0 Å². The number of rotatable bonds is 3. The maximum absolute atomic E-state index is 6.59. The van der Waals surface area contributed by atoms with Crippen LogP contribution in [0.5, 0.6) is 0 Å². The first-order valence-corrected chi connectivity index (χ1v) is 17.2. The van der Waals surface area contributed by atoms with Crippen molar-refractivity contribution in [2.45, 2.75) is 0 Å². The first kappa shape index (κ1) is 26.7. The van der Waals surface area contributed by atoms with Gasteiger partial charge in [-0.05, 0) is 48.0 Å². The lowest BCUT2D eigenvalue weighted by atomic mass is 9.97. The Labute approximate surface area is 284 Å². The molecule has 0 N–H and O–H groups in total. The summed E-state index contributed by atoms with van der Waals surface area (Å²) in [5.41, 5.74) is 9.67. The highest BCUT2D eigenvalue weighted by molar-refractivity contribution is 7.26. The molecule has 0 spiro atoms. The Bertz CT molecular complexity index is 3110. The van der Waals surface area contributed by atoms with E-state index in [9.17, 15) is 0 Å². The predicted molar refractivity (Wildman–Crippen MR) is 205 cm³/mol. The minimum Gasteiger partial charge on any atom is -0.455 e. The van der Waals surface area contributed by atoms with Gasteiger partial charge >= 0.3 is 0 Å². The molecular formula is C44H25N3OS. The summed E-state index contributed by atoms with van der Waals surface area (Å²) < 4.78 is 11.5. The van der Waals surface area contributed by atoms with Gasteiger partial charge in [-0.15, -0.1) is 11.3 Å². The van der Waals surface area contributed by atoms with Crippen molar-refractivity contribution < 1.29 is 4.42 Å². The fraction of sp³-hybridized carbons (Fsp3) is 0. The third-order valence-corrected chi connectivity index (χ3v) is 11.0. The van der Waals surface area contributed by atoms with Crippen LogP contribution in [-0.4, -0.2) is 14.5 Å². The van der Waals surface area contributed by atoms with Gasteiger partial charge in [0.2, 0.25) is 0 Å². The van der Waals surface area contributed by atoms with Crippen molar-refractivity contribution in [3.8, 4) is 28.2 Å². The van der Waals surface area contributed by atoms with E-state index in [-0.39, 0.29) is 0 Å². The first-order chi connectivity index (χ1) is 24.3. The van der Waals surface area contributed by atoms with E-state index >= 15 is 0 Å². The van der Waals surface area contributed by atoms with E-state index in [0.717, 1.165) is 61.1 Å². The summed E-state index contributed by atoms with van der Waals surface area (Å²) in [5.74, 6) is 0.774. The van der Waals surface area contributed by atoms with Gasteiger partial charge in [-0.25, -0.2) is 9.97 Å². The summed E-state index contributed by atoms with van der Waals surface area (Å²) in [6.45, 7) is 0. The Balaban J connectivity index is 1.35. The Morgan fingerprint density at radius 3 is 2.10 bits per heavy atom. The number of furan rings is 1. The minimum absolute atomic E-state index is 0.774. The van der Waals surface area contributed by atoms with Gasteiger partial charge in [-0.2, -0.15) is 0 Å². The number of benzene rings is 7. The molecule has 0 radical (unpaired) electrons. The average molecular weight is 644 g/mol. The van der Waals surface area contributed by atoms with Crippen molar-refractivity contribution in [2.24, 2.45) is 0 Å². The summed E-state index contributed by atoms with van der Waals surface area (Å²) in [6, 6.07) is 53.3. The standard InChI is InChI=1S/C44H25N3OS/c1-2-13-26(14-3-1)39-40-30-17-4-9-22-35(30)47(36(40)25-32-28-16-6-11-24-38(28)49-43(32)39)44-41(45-33-20-7-8-21-34(33)46-44)31-19-12-18-29-27-15-5-10-23-37(27)48-42(29)31/h1-25H. The van der Waals surface area contributed by atoms with Crippen LogP contribution in [0.3, 0.4) is 0 Å². The normalized spacial score (nSPS) is 12.1. The maximum atomic E-state index is 6.59. The fourth-order valence-corrected chi connectivity index (χ4v) is 8.93. The molecule has 228 valence electrons. The Morgan fingerprint density at radius 1 is 0.531 bits per heavy atom. The molecule has 4 aromatic heterocycles. The lowest BCUT2D eigenvalue weighted by Crippen LogP contribution is -2.04. The van der Waals surface area contributed by atoms with Crippen LogP contribution in [0.25, 0.3) is 103 Å². The summed E-state index contributed by atoms with van der Waals surface area (Å²) in [7, 11) is 0. The van der Waals surface area contributed by atoms with Crippen molar-refractivity contribution in [3.05, 3.63) is 152 Å². The predicted octanol–water partition coefficient (Wildman–Crippen LogP) is 12.3. The highest BCUT2D eigenvalue weighted by Gasteiger charge is 2.25. The van der Waals surface area contributed by atoms with Gasteiger partial charge in [-0.3, -0.25) is 4.57 Å². The molecule has 4 heterocycles. The molecular weight excluding hydrogens is 619 g/mol. The van der Waals surface area contributed by atoms with Crippen molar-refractivity contribution in [2.75, 3.05) is 0 Å². The van der Waals surface area contributed by atoms with E-state index in [4.69, 9.17) is 14.4 Å². The van der Waals surface area contributed by atoms with Crippen molar-refractivity contribution >= 4 is 86.3 Å². The molecule has 11 rings (SSSR count). The molecule has 0 saturated heterocycles. The van der Waals surface area contributed by atoms with Gasteiger partial charge < -0.3 is 4.42 Å². The van der Waals surface area contributed by atoms with Crippen molar-refractivity contribution in [1.82, 2.24) is 14.5 Å². The van der Waals surface area contributed by atoms with Crippen LogP contribution >= 0.6 is 11.3 Å². The SMILES string of the molecule is c1ccc(-c2c3sc4ccccc4c3cc3c2c2ccccc2n3-c2nc3ccccc3nc2-c2cccc3c2oc2ccccc23)cc1. The van der Waals surface area contributed by atoms with Crippen molar-refractivity contribution in [1.29, 1.82) is 0 Å². The highest BCUT2D eigenvalue weighted by Crippen LogP contribution is 2.48. The third kappa shape index (κ3) is 3.79. The number of thiophene rings is 1. The molecule has 0 aliphatic heterocycles. The van der Waals surface area contributed by atoms with Crippen LogP contribution in [0.15, 0.2) is 156 Å². The van der Waals surface area contributed by atoms with E-state index in [1.165, 1.54) is 42.1 Å². The van der Waals surface area contributed by atoms with Crippen LogP contribution in [0.2, 0.25) is 0 Å². The van der Waals surface area contributed by atoms with Crippen LogP contribution in [-0.2, 0) is 0 Å². The molecule has 11 aromatic rings. The van der Waals surface area contributed by atoms with Gasteiger partial charge in [-0.1, -0.05) is 109 Å². The smallest absolute Gasteiger partial charge is 0.165 e. The van der Waals surface area contributed by atoms with Gasteiger partial charge in [0.15, 0.2) is 5.82 Å². The van der Waals surface area contributed by atoms with Gasteiger partial charge in [0.05, 0.1) is 22.1 Å². The summed E-state index contributed by atoms with van der Waals surface area (Å²) in [5, 5.41) is 7.04. The van der Waals surface area contributed by atoms with E-state index in [1.807, 2.05) is 47.7 Å². The van der Waals surface area contributed by atoms with Gasteiger partial charge in [0.25, 0.3) is 0 Å². The molecule has 0 fully saturated rings. The molecule has 0 aliphatic carbocycles. The zero-order chi connectivity index (χ0) is 32.1. The van der Waals surface area contributed by atoms with Crippen LogP contribution < -0.4 is 0 Å². The second-order valence-electron chi connectivity index (χ2n) is 12.5. The molecule has 49 heavy (non-hydrogen) atoms. The van der Waals surface area contributed by atoms with E-state index in [0.29, 0.717) is 0 Å². The summed E-state index contributed by atoms with van der Waals surface area (Å²) in [6.07, 6.45) is 0. The number of nitrogens with zero attached hydrogens (tertiary/aromatic N) is 3. The quantitative estimate of drug-likeness (QED) is 0.192. The Morgan fingerprint density at radius 2 is 1.22 bits per heavy atom. The molecule has 0 amide bonds. The lowest BCUT2D eigenvalue weighted by Gasteiger charge is -2.14. The fourth-order valence-electron chi connectivity index (χ4n) is 7.67. The molecule has 0 saturated carbocycles.